The fraction of sp³-hybridized carbons (Fsp3) is 0.650. The number of ether oxygens (including phenoxy) is 3. The highest BCUT2D eigenvalue weighted by molar-refractivity contribution is 9.10. The van der Waals surface area contributed by atoms with Crippen molar-refractivity contribution >= 4 is 22.0 Å². The second-order valence-electron chi connectivity index (χ2n) is 8.46. The molecule has 2 atom stereocenters. The molecule has 0 radical (unpaired) electrons. The van der Waals surface area contributed by atoms with Gasteiger partial charge >= 0.3 is 6.09 Å². The normalized spacial score (nSPS) is 30.8. The van der Waals surface area contributed by atoms with Crippen LogP contribution in [0.5, 0.6) is 11.5 Å². The second-order valence-corrected chi connectivity index (χ2v) is 9.32. The highest BCUT2D eigenvalue weighted by Gasteiger charge is 2.41. The first kappa shape index (κ1) is 18.9. The summed E-state index contributed by atoms with van der Waals surface area (Å²) in [4.78, 5) is 15.1. The zero-order chi connectivity index (χ0) is 19.2. The highest BCUT2D eigenvalue weighted by atomic mass is 79.9. The Bertz CT molecular complexity index is 731. The van der Waals surface area contributed by atoms with Crippen molar-refractivity contribution in [1.29, 1.82) is 0 Å². The zero-order valence-corrected chi connectivity index (χ0v) is 17.7. The van der Waals surface area contributed by atoms with E-state index >= 15 is 0 Å². The summed E-state index contributed by atoms with van der Waals surface area (Å²) in [5.41, 5.74) is 0.650. The number of rotatable bonds is 3. The van der Waals surface area contributed by atoms with Crippen molar-refractivity contribution in [2.45, 2.75) is 38.8 Å². The Morgan fingerprint density at radius 2 is 2.07 bits per heavy atom. The van der Waals surface area contributed by atoms with Crippen LogP contribution in [-0.2, 0) is 4.74 Å². The number of hydrogen-bond donors (Lipinski definition) is 1. The Hall–Kier alpha value is -1.47. The van der Waals surface area contributed by atoms with Crippen LogP contribution in [0.15, 0.2) is 16.6 Å². The molecular formula is C20H27BrN2O4. The second kappa shape index (κ2) is 7.17. The molecule has 1 amide bonds. The third-order valence-corrected chi connectivity index (χ3v) is 6.71. The lowest BCUT2D eigenvalue weighted by Gasteiger charge is -2.44. The van der Waals surface area contributed by atoms with Crippen molar-refractivity contribution in [2.75, 3.05) is 33.4 Å². The molecule has 1 unspecified atom stereocenters. The van der Waals surface area contributed by atoms with Gasteiger partial charge in [0.25, 0.3) is 0 Å². The number of alkyl carbamates (subject to hydrolysis) is 1. The monoisotopic (exact) mass is 438 g/mol. The Labute approximate surface area is 168 Å². The molecule has 3 fully saturated rings. The van der Waals surface area contributed by atoms with E-state index in [0.29, 0.717) is 18.3 Å². The Kier molecular flexibility index (Phi) is 5.01. The van der Waals surface area contributed by atoms with Crippen LogP contribution in [0.1, 0.15) is 38.3 Å². The van der Waals surface area contributed by atoms with Crippen LogP contribution in [0, 0.1) is 11.3 Å². The van der Waals surface area contributed by atoms with E-state index in [1.54, 1.807) is 7.11 Å². The summed E-state index contributed by atoms with van der Waals surface area (Å²) in [6.45, 7) is 7.80. The number of hydrogen-bond acceptors (Lipinski definition) is 5. The number of carbonyl (C=O) groups excluding carboxylic acids is 1. The molecule has 1 aromatic rings. The number of amides is 1. The van der Waals surface area contributed by atoms with Gasteiger partial charge in [0.05, 0.1) is 24.2 Å². The Morgan fingerprint density at radius 1 is 1.33 bits per heavy atom. The van der Waals surface area contributed by atoms with Gasteiger partial charge in [-0.25, -0.2) is 4.79 Å². The highest BCUT2D eigenvalue weighted by Crippen LogP contribution is 2.46. The minimum atomic E-state index is -0.346. The van der Waals surface area contributed by atoms with Crippen molar-refractivity contribution in [3.63, 3.8) is 0 Å². The lowest BCUT2D eigenvalue weighted by Crippen LogP contribution is -2.53. The largest absolute Gasteiger partial charge is 0.496 e. The summed E-state index contributed by atoms with van der Waals surface area (Å²) in [6.07, 6.45) is 1.89. The van der Waals surface area contributed by atoms with E-state index in [0.717, 1.165) is 48.3 Å². The van der Waals surface area contributed by atoms with E-state index in [1.807, 2.05) is 12.1 Å². The number of fused-ring (bicyclic) bond motifs is 4. The molecular weight excluding hydrogens is 412 g/mol. The lowest BCUT2D eigenvalue weighted by atomic mass is 9.79. The summed E-state index contributed by atoms with van der Waals surface area (Å²) in [5, 5.41) is 3.11. The smallest absolute Gasteiger partial charge is 0.407 e. The topological polar surface area (TPSA) is 60.0 Å². The quantitative estimate of drug-likeness (QED) is 0.778. The van der Waals surface area contributed by atoms with Gasteiger partial charge in [-0.05, 0) is 59.9 Å². The molecule has 7 heteroatoms. The maximum absolute atomic E-state index is 12.7. The predicted molar refractivity (Wildman–Crippen MR) is 105 cm³/mol. The van der Waals surface area contributed by atoms with Crippen LogP contribution in [0.3, 0.4) is 0 Å². The van der Waals surface area contributed by atoms with E-state index < -0.39 is 0 Å². The number of piperidine rings is 3. The van der Waals surface area contributed by atoms with Crippen LogP contribution < -0.4 is 14.8 Å². The zero-order valence-electron chi connectivity index (χ0n) is 16.1. The number of carbonyl (C=O) groups is 1. The molecule has 2 bridgehead atoms. The number of nitrogens with zero attached hydrogens (tertiary/aromatic N) is 1. The molecule has 0 spiro atoms. The van der Waals surface area contributed by atoms with Gasteiger partial charge in [0.1, 0.15) is 17.6 Å². The van der Waals surface area contributed by atoms with Crippen molar-refractivity contribution in [1.82, 2.24) is 10.2 Å². The molecule has 0 aliphatic carbocycles. The predicted octanol–water partition coefficient (Wildman–Crippen LogP) is 3.74. The SMILES string of the molecule is COc1cc2c(cc1Br)OCC(C)(C)C2NC(=O)O[C@@H]1CN2CCC1CC2. The van der Waals surface area contributed by atoms with Crippen molar-refractivity contribution in [3.8, 4) is 11.5 Å². The van der Waals surface area contributed by atoms with Gasteiger partial charge in [-0.2, -0.15) is 0 Å². The van der Waals surface area contributed by atoms with Gasteiger partial charge in [-0.15, -0.1) is 0 Å². The molecule has 148 valence electrons. The third kappa shape index (κ3) is 3.63. The minimum absolute atomic E-state index is 0.00521. The fourth-order valence-electron chi connectivity index (χ4n) is 4.43. The van der Waals surface area contributed by atoms with Gasteiger partial charge in [0, 0.05) is 17.5 Å². The van der Waals surface area contributed by atoms with E-state index in [1.165, 1.54) is 0 Å². The van der Waals surface area contributed by atoms with Gasteiger partial charge in [0.15, 0.2) is 0 Å². The van der Waals surface area contributed by atoms with Crippen LogP contribution in [0.25, 0.3) is 0 Å². The van der Waals surface area contributed by atoms with Crippen LogP contribution >= 0.6 is 15.9 Å². The van der Waals surface area contributed by atoms with Crippen LogP contribution in [0.2, 0.25) is 0 Å². The first-order valence-corrected chi connectivity index (χ1v) is 10.4. The molecule has 4 aliphatic heterocycles. The number of benzene rings is 1. The number of nitrogens with one attached hydrogen (secondary N) is 1. The Balaban J connectivity index is 1.52. The molecule has 1 aromatic carbocycles. The molecule has 0 saturated carbocycles. The average Bonchev–Trinajstić information content (AvgIpc) is 2.65. The van der Waals surface area contributed by atoms with Crippen LogP contribution in [0.4, 0.5) is 4.79 Å². The molecule has 4 heterocycles. The van der Waals surface area contributed by atoms with E-state index in [9.17, 15) is 4.79 Å². The minimum Gasteiger partial charge on any atom is -0.496 e. The maximum atomic E-state index is 12.7. The lowest BCUT2D eigenvalue weighted by molar-refractivity contribution is -0.0361. The summed E-state index contributed by atoms with van der Waals surface area (Å²) in [7, 11) is 1.63. The third-order valence-electron chi connectivity index (χ3n) is 6.09. The van der Waals surface area contributed by atoms with Gasteiger partial charge in [-0.3, -0.25) is 4.90 Å². The van der Waals surface area contributed by atoms with Gasteiger partial charge in [-0.1, -0.05) is 13.8 Å². The van der Waals surface area contributed by atoms with E-state index in [2.05, 4.69) is 40.0 Å². The Morgan fingerprint density at radius 3 is 2.70 bits per heavy atom. The van der Waals surface area contributed by atoms with Gasteiger partial charge in [0.2, 0.25) is 0 Å². The molecule has 4 aliphatic rings. The summed E-state index contributed by atoms with van der Waals surface area (Å²) >= 11 is 3.50. The summed E-state index contributed by atoms with van der Waals surface area (Å²) in [5.74, 6) is 1.97. The van der Waals surface area contributed by atoms with Crippen molar-refractivity contribution < 1.29 is 19.0 Å². The summed E-state index contributed by atoms with van der Waals surface area (Å²) < 4.78 is 18.0. The van der Waals surface area contributed by atoms with E-state index in [-0.39, 0.29) is 23.7 Å². The first-order valence-electron chi connectivity index (χ1n) is 9.57. The first-order chi connectivity index (χ1) is 12.9. The van der Waals surface area contributed by atoms with E-state index in [4.69, 9.17) is 14.2 Å². The molecule has 0 aromatic heterocycles. The average molecular weight is 439 g/mol. The summed E-state index contributed by atoms with van der Waals surface area (Å²) in [6, 6.07) is 3.62. The molecule has 3 saturated heterocycles. The number of halogens is 1. The molecule has 6 nitrogen and oxygen atoms in total. The number of methoxy groups -OCH3 is 1. The van der Waals surface area contributed by atoms with Crippen molar-refractivity contribution in [3.05, 3.63) is 22.2 Å². The molecule has 27 heavy (non-hydrogen) atoms. The molecule has 1 N–H and O–H groups in total. The van der Waals surface area contributed by atoms with Crippen LogP contribution in [-0.4, -0.2) is 50.4 Å². The standard InChI is InChI=1S/C20H27BrN2O4/c1-20(2)11-26-15-9-14(21)16(25-3)8-13(15)18(20)22-19(24)27-17-10-23-6-4-12(17)5-7-23/h8-9,12,17-18H,4-7,10-11H2,1-3H3,(H,22,24)/t17-,18?/m1/s1. The fourth-order valence-corrected chi connectivity index (χ4v) is 4.92. The van der Waals surface area contributed by atoms with Gasteiger partial charge < -0.3 is 19.5 Å². The maximum Gasteiger partial charge on any atom is 0.407 e. The molecule has 5 rings (SSSR count). The van der Waals surface area contributed by atoms with Crippen molar-refractivity contribution in [2.24, 2.45) is 11.3 Å².